The molecule has 3 N–H and O–H groups in total. The van der Waals surface area contributed by atoms with Gasteiger partial charge in [0.25, 0.3) is 0 Å². The van der Waals surface area contributed by atoms with E-state index in [0.29, 0.717) is 11.7 Å². The number of rotatable bonds is 8. The molecule has 1 atom stereocenters. The van der Waals surface area contributed by atoms with Crippen LogP contribution in [0.4, 0.5) is 5.69 Å². The Hall–Kier alpha value is -1.55. The lowest BCUT2D eigenvalue weighted by atomic mass is 10.00. The summed E-state index contributed by atoms with van der Waals surface area (Å²) < 4.78 is 0. The van der Waals surface area contributed by atoms with Gasteiger partial charge in [-0.05, 0) is 64.9 Å². The normalized spacial score (nSPS) is 12.7. The molecule has 118 valence electrons. The van der Waals surface area contributed by atoms with Gasteiger partial charge in [0.15, 0.2) is 0 Å². The van der Waals surface area contributed by atoms with Crippen LogP contribution in [-0.2, 0) is 4.79 Å². The quantitative estimate of drug-likeness (QED) is 0.572. The number of amides is 1. The predicted molar refractivity (Wildman–Crippen MR) is 89.3 cm³/mol. The number of carbonyl (C=O) groups excluding carboxylic acids is 1. The Balaban J connectivity index is 2.28. The third-order valence-electron chi connectivity index (χ3n) is 3.92. The molecule has 1 aromatic carbocycles. The molecular formula is C17H29N3O. The molecule has 0 saturated heterocycles. The van der Waals surface area contributed by atoms with Gasteiger partial charge in [-0.1, -0.05) is 12.1 Å². The van der Waals surface area contributed by atoms with E-state index in [1.54, 1.807) is 0 Å². The van der Waals surface area contributed by atoms with Gasteiger partial charge in [0.2, 0.25) is 5.91 Å². The summed E-state index contributed by atoms with van der Waals surface area (Å²) in [6.45, 7) is 8.09. The average molecular weight is 291 g/mol. The van der Waals surface area contributed by atoms with Crippen LogP contribution in [0.15, 0.2) is 24.3 Å². The van der Waals surface area contributed by atoms with E-state index in [9.17, 15) is 4.79 Å². The second kappa shape index (κ2) is 8.67. The van der Waals surface area contributed by atoms with Crippen LogP contribution in [-0.4, -0.2) is 37.0 Å². The number of nitrogen functional groups attached to an aromatic ring is 1. The molecule has 0 aliphatic heterocycles. The maximum absolute atomic E-state index is 12.1. The number of anilines is 1. The average Bonchev–Trinajstić information content (AvgIpc) is 2.45. The van der Waals surface area contributed by atoms with Gasteiger partial charge in [-0.25, -0.2) is 0 Å². The first kappa shape index (κ1) is 17.5. The van der Waals surface area contributed by atoms with Crippen molar-refractivity contribution < 1.29 is 4.79 Å². The fourth-order valence-electron chi connectivity index (χ4n) is 2.09. The van der Waals surface area contributed by atoms with Crippen LogP contribution in [0.25, 0.3) is 0 Å². The number of benzene rings is 1. The van der Waals surface area contributed by atoms with Crippen LogP contribution >= 0.6 is 0 Å². The molecule has 0 aliphatic carbocycles. The van der Waals surface area contributed by atoms with Crippen molar-refractivity contribution in [2.75, 3.05) is 25.9 Å². The van der Waals surface area contributed by atoms with E-state index in [4.69, 9.17) is 5.73 Å². The summed E-state index contributed by atoms with van der Waals surface area (Å²) in [6.07, 6.45) is 2.11. The monoisotopic (exact) mass is 291 g/mol. The molecule has 0 aromatic heterocycles. The van der Waals surface area contributed by atoms with Gasteiger partial charge in [0.1, 0.15) is 0 Å². The molecule has 1 amide bonds. The van der Waals surface area contributed by atoms with Crippen molar-refractivity contribution in [1.29, 1.82) is 0 Å². The largest absolute Gasteiger partial charge is 0.399 e. The first-order valence-corrected chi connectivity index (χ1v) is 7.75. The second-order valence-electron chi connectivity index (χ2n) is 5.96. The first-order valence-electron chi connectivity index (χ1n) is 7.75. The highest BCUT2D eigenvalue weighted by atomic mass is 16.1. The topological polar surface area (TPSA) is 58.4 Å². The van der Waals surface area contributed by atoms with Crippen LogP contribution in [0.5, 0.6) is 0 Å². The predicted octanol–water partition coefficient (Wildman–Crippen LogP) is 2.61. The highest BCUT2D eigenvalue weighted by Crippen LogP contribution is 2.17. The molecule has 4 heteroatoms. The number of nitrogens with zero attached hydrogens (tertiary/aromatic N) is 1. The molecule has 0 spiro atoms. The van der Waals surface area contributed by atoms with Crippen LogP contribution in [0.3, 0.4) is 0 Å². The lowest BCUT2D eigenvalue weighted by molar-refractivity contribution is -0.122. The Morgan fingerprint density at radius 3 is 2.62 bits per heavy atom. The highest BCUT2D eigenvalue weighted by Gasteiger charge is 2.14. The maximum atomic E-state index is 12.1. The minimum absolute atomic E-state index is 0.0674. The Morgan fingerprint density at radius 2 is 2.00 bits per heavy atom. The van der Waals surface area contributed by atoms with E-state index in [-0.39, 0.29) is 11.8 Å². The number of nitrogens with one attached hydrogen (secondary N) is 1. The fraction of sp³-hybridized carbons (Fsp3) is 0.588. The number of hydrogen-bond acceptors (Lipinski definition) is 3. The van der Waals surface area contributed by atoms with Crippen LogP contribution in [0.1, 0.15) is 45.1 Å². The number of carbonyl (C=O) groups is 1. The van der Waals surface area contributed by atoms with Gasteiger partial charge >= 0.3 is 0 Å². The molecule has 0 radical (unpaired) electrons. The Labute approximate surface area is 128 Å². The molecule has 1 aromatic rings. The van der Waals surface area contributed by atoms with Crippen molar-refractivity contribution in [1.82, 2.24) is 10.2 Å². The Morgan fingerprint density at radius 1 is 1.29 bits per heavy atom. The van der Waals surface area contributed by atoms with Crippen molar-refractivity contribution >= 4 is 11.6 Å². The van der Waals surface area contributed by atoms with E-state index in [0.717, 1.165) is 31.5 Å². The molecule has 1 unspecified atom stereocenters. The first-order chi connectivity index (χ1) is 9.91. The SMILES string of the molecule is CC(C(=O)NCCCCN(C)C(C)C)c1cccc(N)c1. The smallest absolute Gasteiger partial charge is 0.227 e. The van der Waals surface area contributed by atoms with Gasteiger partial charge in [0, 0.05) is 18.3 Å². The van der Waals surface area contributed by atoms with Gasteiger partial charge < -0.3 is 16.0 Å². The summed E-state index contributed by atoms with van der Waals surface area (Å²) >= 11 is 0. The molecular weight excluding hydrogens is 262 g/mol. The van der Waals surface area contributed by atoms with Gasteiger partial charge in [-0.15, -0.1) is 0 Å². The van der Waals surface area contributed by atoms with Crippen molar-refractivity contribution in [3.8, 4) is 0 Å². The standard InChI is InChI=1S/C17H29N3O/c1-13(2)20(4)11-6-5-10-19-17(21)14(3)15-8-7-9-16(18)12-15/h7-9,12-14H,5-6,10-11,18H2,1-4H3,(H,19,21). The molecule has 0 heterocycles. The maximum Gasteiger partial charge on any atom is 0.227 e. The molecule has 21 heavy (non-hydrogen) atoms. The van der Waals surface area contributed by atoms with Crippen LogP contribution in [0, 0.1) is 0 Å². The lowest BCUT2D eigenvalue weighted by Crippen LogP contribution is -2.30. The summed E-state index contributed by atoms with van der Waals surface area (Å²) in [7, 11) is 2.13. The van der Waals surface area contributed by atoms with E-state index in [1.165, 1.54) is 0 Å². The van der Waals surface area contributed by atoms with Gasteiger partial charge in [-0.2, -0.15) is 0 Å². The minimum Gasteiger partial charge on any atom is -0.399 e. The summed E-state index contributed by atoms with van der Waals surface area (Å²) in [5.41, 5.74) is 7.42. The third-order valence-corrected chi connectivity index (χ3v) is 3.92. The van der Waals surface area contributed by atoms with E-state index in [1.807, 2.05) is 31.2 Å². The minimum atomic E-state index is -0.160. The van der Waals surface area contributed by atoms with Crippen molar-refractivity contribution in [3.05, 3.63) is 29.8 Å². The Kier molecular flexibility index (Phi) is 7.23. The van der Waals surface area contributed by atoms with E-state index < -0.39 is 0 Å². The molecule has 0 bridgehead atoms. The molecule has 0 aliphatic rings. The van der Waals surface area contributed by atoms with Crippen molar-refractivity contribution in [2.45, 2.75) is 45.6 Å². The summed E-state index contributed by atoms with van der Waals surface area (Å²) in [5.74, 6) is -0.0929. The highest BCUT2D eigenvalue weighted by molar-refractivity contribution is 5.83. The summed E-state index contributed by atoms with van der Waals surface area (Å²) in [5, 5.41) is 3.01. The third kappa shape index (κ3) is 6.17. The van der Waals surface area contributed by atoms with Crippen molar-refractivity contribution in [2.24, 2.45) is 0 Å². The van der Waals surface area contributed by atoms with E-state index in [2.05, 4.69) is 31.1 Å². The van der Waals surface area contributed by atoms with Crippen molar-refractivity contribution in [3.63, 3.8) is 0 Å². The summed E-state index contributed by atoms with van der Waals surface area (Å²) in [4.78, 5) is 14.4. The molecule has 1 rings (SSSR count). The second-order valence-corrected chi connectivity index (χ2v) is 5.96. The van der Waals surface area contributed by atoms with Gasteiger partial charge in [-0.3, -0.25) is 4.79 Å². The molecule has 0 fully saturated rings. The lowest BCUT2D eigenvalue weighted by Gasteiger charge is -2.20. The number of nitrogens with two attached hydrogens (primary N) is 1. The van der Waals surface area contributed by atoms with Crippen LogP contribution in [0.2, 0.25) is 0 Å². The Bertz CT molecular complexity index is 445. The van der Waals surface area contributed by atoms with Crippen LogP contribution < -0.4 is 11.1 Å². The van der Waals surface area contributed by atoms with E-state index >= 15 is 0 Å². The molecule has 4 nitrogen and oxygen atoms in total. The zero-order chi connectivity index (χ0) is 15.8. The van der Waals surface area contributed by atoms with Gasteiger partial charge in [0.05, 0.1) is 5.92 Å². The number of unbranched alkanes of at least 4 members (excludes halogenated alkanes) is 1. The zero-order valence-electron chi connectivity index (χ0n) is 13.7. The number of hydrogen-bond donors (Lipinski definition) is 2. The fourth-order valence-corrected chi connectivity index (χ4v) is 2.09. The zero-order valence-corrected chi connectivity index (χ0v) is 13.7. The molecule has 0 saturated carbocycles. The summed E-state index contributed by atoms with van der Waals surface area (Å²) in [6, 6.07) is 8.10.